The topological polar surface area (TPSA) is 67.4 Å². The fourth-order valence-corrected chi connectivity index (χ4v) is 3.52. The predicted octanol–water partition coefficient (Wildman–Crippen LogP) is 3.58. The Labute approximate surface area is 168 Å². The van der Waals surface area contributed by atoms with Gasteiger partial charge in [0.15, 0.2) is 11.6 Å². The summed E-state index contributed by atoms with van der Waals surface area (Å²) in [5.41, 5.74) is 1.05. The third-order valence-electron chi connectivity index (χ3n) is 5.22. The average Bonchev–Trinajstić information content (AvgIpc) is 2.74. The highest BCUT2D eigenvalue weighted by Gasteiger charge is 2.27. The van der Waals surface area contributed by atoms with Crippen LogP contribution in [0.1, 0.15) is 41.6 Å². The predicted molar refractivity (Wildman–Crippen MR) is 104 cm³/mol. The molecule has 0 saturated heterocycles. The van der Waals surface area contributed by atoms with Crippen LogP contribution in [0.5, 0.6) is 5.75 Å². The molecule has 0 aliphatic heterocycles. The van der Waals surface area contributed by atoms with Crippen LogP contribution in [-0.2, 0) is 11.3 Å². The van der Waals surface area contributed by atoms with Gasteiger partial charge in [-0.25, -0.2) is 8.78 Å². The lowest BCUT2D eigenvalue weighted by atomic mass is 9.85. The van der Waals surface area contributed by atoms with E-state index in [1.54, 1.807) is 7.11 Å². The monoisotopic (exact) mass is 402 g/mol. The number of ether oxygens (including phenoxy) is 1. The molecule has 0 bridgehead atoms. The number of halogens is 2. The first-order chi connectivity index (χ1) is 14.0. The van der Waals surface area contributed by atoms with Crippen molar-refractivity contribution in [3.63, 3.8) is 0 Å². The molecule has 7 heteroatoms. The zero-order chi connectivity index (χ0) is 20.8. The van der Waals surface area contributed by atoms with Crippen molar-refractivity contribution in [1.29, 1.82) is 0 Å². The second-order valence-electron chi connectivity index (χ2n) is 7.22. The lowest BCUT2D eigenvalue weighted by Gasteiger charge is -2.28. The van der Waals surface area contributed by atoms with Crippen LogP contribution in [0.2, 0.25) is 0 Å². The number of amides is 2. The Balaban J connectivity index is 1.45. The first-order valence-corrected chi connectivity index (χ1v) is 9.63. The Hall–Kier alpha value is -2.96. The standard InChI is InChI=1S/C22H24F2N2O3/c1-29-18-4-2-3-14(11-18)13-25-21(27)15-5-8-17(9-6-15)26-22(28)16-7-10-19(23)20(24)12-16/h2-4,7,10-12,15,17H,5-6,8-9,13H2,1H3,(H,25,27)(H,26,28). The molecule has 3 rings (SSSR count). The Morgan fingerprint density at radius 1 is 1.03 bits per heavy atom. The van der Waals surface area contributed by atoms with E-state index in [0.29, 0.717) is 32.2 Å². The molecule has 29 heavy (non-hydrogen) atoms. The van der Waals surface area contributed by atoms with Crippen LogP contribution in [-0.4, -0.2) is 25.0 Å². The molecule has 2 aromatic rings. The van der Waals surface area contributed by atoms with Crippen molar-refractivity contribution in [2.24, 2.45) is 5.92 Å². The summed E-state index contributed by atoms with van der Waals surface area (Å²) in [4.78, 5) is 24.7. The molecule has 2 N–H and O–H groups in total. The molecule has 1 fully saturated rings. The van der Waals surface area contributed by atoms with E-state index >= 15 is 0 Å². The van der Waals surface area contributed by atoms with E-state index in [0.717, 1.165) is 23.4 Å². The molecular formula is C22H24F2N2O3. The van der Waals surface area contributed by atoms with Crippen LogP contribution in [0.25, 0.3) is 0 Å². The van der Waals surface area contributed by atoms with Gasteiger partial charge >= 0.3 is 0 Å². The van der Waals surface area contributed by atoms with Gasteiger partial charge < -0.3 is 15.4 Å². The summed E-state index contributed by atoms with van der Waals surface area (Å²) in [7, 11) is 1.60. The lowest BCUT2D eigenvalue weighted by Crippen LogP contribution is -2.40. The van der Waals surface area contributed by atoms with E-state index in [9.17, 15) is 18.4 Å². The summed E-state index contributed by atoms with van der Waals surface area (Å²) in [6.45, 7) is 0.433. The molecule has 2 amide bonds. The first-order valence-electron chi connectivity index (χ1n) is 9.63. The Morgan fingerprint density at radius 3 is 2.48 bits per heavy atom. The highest BCUT2D eigenvalue weighted by atomic mass is 19.2. The van der Waals surface area contributed by atoms with Gasteiger partial charge in [-0.05, 0) is 61.6 Å². The second kappa shape index (κ2) is 9.49. The van der Waals surface area contributed by atoms with Crippen molar-refractivity contribution in [2.45, 2.75) is 38.3 Å². The van der Waals surface area contributed by atoms with E-state index in [4.69, 9.17) is 4.74 Å². The Bertz CT molecular complexity index is 880. The van der Waals surface area contributed by atoms with Crippen molar-refractivity contribution in [3.8, 4) is 5.75 Å². The molecule has 0 aromatic heterocycles. The Morgan fingerprint density at radius 2 is 1.79 bits per heavy atom. The molecular weight excluding hydrogens is 378 g/mol. The molecule has 0 spiro atoms. The Kier molecular flexibility index (Phi) is 6.80. The lowest BCUT2D eigenvalue weighted by molar-refractivity contribution is -0.126. The summed E-state index contributed by atoms with van der Waals surface area (Å²) in [6.07, 6.45) is 2.64. The summed E-state index contributed by atoms with van der Waals surface area (Å²) in [5, 5.41) is 5.79. The van der Waals surface area contributed by atoms with Crippen molar-refractivity contribution < 1.29 is 23.1 Å². The number of hydrogen-bond donors (Lipinski definition) is 2. The molecule has 1 saturated carbocycles. The van der Waals surface area contributed by atoms with Crippen molar-refractivity contribution in [2.75, 3.05) is 7.11 Å². The third-order valence-corrected chi connectivity index (χ3v) is 5.22. The van der Waals surface area contributed by atoms with Gasteiger partial charge in [-0.15, -0.1) is 0 Å². The molecule has 5 nitrogen and oxygen atoms in total. The van der Waals surface area contributed by atoms with Crippen LogP contribution in [0, 0.1) is 17.6 Å². The quantitative estimate of drug-likeness (QED) is 0.776. The van der Waals surface area contributed by atoms with Crippen LogP contribution in [0.3, 0.4) is 0 Å². The minimum Gasteiger partial charge on any atom is -0.497 e. The molecule has 0 unspecified atom stereocenters. The maximum absolute atomic E-state index is 13.3. The van der Waals surface area contributed by atoms with Gasteiger partial charge in [-0.1, -0.05) is 12.1 Å². The highest BCUT2D eigenvalue weighted by Crippen LogP contribution is 2.25. The molecule has 1 aliphatic carbocycles. The highest BCUT2D eigenvalue weighted by molar-refractivity contribution is 5.94. The summed E-state index contributed by atoms with van der Waals surface area (Å²) >= 11 is 0. The third kappa shape index (κ3) is 5.53. The number of rotatable bonds is 6. The molecule has 0 radical (unpaired) electrons. The van der Waals surface area contributed by atoms with E-state index in [1.165, 1.54) is 6.07 Å². The molecule has 2 aromatic carbocycles. The van der Waals surface area contributed by atoms with E-state index in [1.807, 2.05) is 24.3 Å². The zero-order valence-electron chi connectivity index (χ0n) is 16.2. The normalized spacial score (nSPS) is 18.7. The van der Waals surface area contributed by atoms with Gasteiger partial charge in [-0.3, -0.25) is 9.59 Å². The van der Waals surface area contributed by atoms with Gasteiger partial charge in [0, 0.05) is 24.1 Å². The van der Waals surface area contributed by atoms with Gasteiger partial charge in [0.25, 0.3) is 5.91 Å². The number of hydrogen-bond acceptors (Lipinski definition) is 3. The van der Waals surface area contributed by atoms with Crippen molar-refractivity contribution in [3.05, 3.63) is 65.2 Å². The number of nitrogens with one attached hydrogen (secondary N) is 2. The fraction of sp³-hybridized carbons (Fsp3) is 0.364. The molecule has 0 atom stereocenters. The maximum atomic E-state index is 13.3. The molecule has 154 valence electrons. The smallest absolute Gasteiger partial charge is 0.251 e. The number of methoxy groups -OCH3 is 1. The SMILES string of the molecule is COc1cccc(CNC(=O)C2CCC(NC(=O)c3ccc(F)c(F)c3)CC2)c1. The van der Waals surface area contributed by atoms with Crippen LogP contribution in [0.4, 0.5) is 8.78 Å². The summed E-state index contributed by atoms with van der Waals surface area (Å²) in [5.74, 6) is -1.82. The molecule has 1 aliphatic rings. The van der Waals surface area contributed by atoms with Crippen LogP contribution < -0.4 is 15.4 Å². The van der Waals surface area contributed by atoms with Gasteiger partial charge in [0.2, 0.25) is 5.91 Å². The number of carbonyl (C=O) groups excluding carboxylic acids is 2. The van der Waals surface area contributed by atoms with Crippen LogP contribution >= 0.6 is 0 Å². The maximum Gasteiger partial charge on any atom is 0.251 e. The van der Waals surface area contributed by atoms with Crippen LogP contribution in [0.15, 0.2) is 42.5 Å². The minimum atomic E-state index is -1.05. The van der Waals surface area contributed by atoms with Gasteiger partial charge in [-0.2, -0.15) is 0 Å². The fourth-order valence-electron chi connectivity index (χ4n) is 3.52. The van der Waals surface area contributed by atoms with Crippen molar-refractivity contribution >= 4 is 11.8 Å². The van der Waals surface area contributed by atoms with Crippen molar-refractivity contribution in [1.82, 2.24) is 10.6 Å². The molecule has 0 heterocycles. The first kappa shape index (κ1) is 20.8. The number of carbonyl (C=O) groups is 2. The van der Waals surface area contributed by atoms with E-state index in [2.05, 4.69) is 10.6 Å². The summed E-state index contributed by atoms with van der Waals surface area (Å²) in [6, 6.07) is 10.5. The number of benzene rings is 2. The minimum absolute atomic E-state index is 0.00166. The summed E-state index contributed by atoms with van der Waals surface area (Å²) < 4.78 is 31.5. The van der Waals surface area contributed by atoms with Gasteiger partial charge in [0.1, 0.15) is 5.75 Å². The largest absolute Gasteiger partial charge is 0.497 e. The average molecular weight is 402 g/mol. The van der Waals surface area contributed by atoms with E-state index < -0.39 is 17.5 Å². The zero-order valence-corrected chi connectivity index (χ0v) is 16.2. The second-order valence-corrected chi connectivity index (χ2v) is 7.22. The van der Waals surface area contributed by atoms with Gasteiger partial charge in [0.05, 0.1) is 7.11 Å². The van der Waals surface area contributed by atoms with E-state index in [-0.39, 0.29) is 23.4 Å².